The van der Waals surface area contributed by atoms with E-state index in [4.69, 9.17) is 4.74 Å². The molecule has 1 N–H and O–H groups in total. The van der Waals surface area contributed by atoms with Crippen molar-refractivity contribution < 1.29 is 14.6 Å². The van der Waals surface area contributed by atoms with Crippen LogP contribution in [0.25, 0.3) is 0 Å². The fraction of sp³-hybridized carbons (Fsp3) is 0.941. The Balaban J connectivity index is 1.90. The van der Waals surface area contributed by atoms with Gasteiger partial charge in [-0.3, -0.25) is 4.79 Å². The second-order valence-corrected chi connectivity index (χ2v) is 6.97. The van der Waals surface area contributed by atoms with Gasteiger partial charge in [0.2, 0.25) is 5.91 Å². The molecular formula is C17H31NO3. The number of ether oxygens (including phenoxy) is 1. The van der Waals surface area contributed by atoms with Crippen LogP contribution in [0.15, 0.2) is 0 Å². The van der Waals surface area contributed by atoms with Crippen LogP contribution in [0.1, 0.15) is 58.3 Å². The molecule has 1 saturated heterocycles. The van der Waals surface area contributed by atoms with E-state index in [2.05, 4.69) is 6.92 Å². The van der Waals surface area contributed by atoms with Gasteiger partial charge >= 0.3 is 0 Å². The molecule has 2 rings (SSSR count). The Morgan fingerprint density at radius 1 is 1.29 bits per heavy atom. The number of aliphatic hydroxyl groups is 1. The number of carbonyl (C=O) groups excluding carboxylic acids is 1. The van der Waals surface area contributed by atoms with Crippen LogP contribution in [0.4, 0.5) is 0 Å². The maximum atomic E-state index is 12.7. The van der Waals surface area contributed by atoms with Gasteiger partial charge in [-0.1, -0.05) is 32.6 Å². The third-order valence-corrected chi connectivity index (χ3v) is 5.48. The Labute approximate surface area is 128 Å². The SMILES string of the molecule is COCCC1(O)CCN(C(=O)C2CCCCCC2)CC1C. The number of hydrogen-bond donors (Lipinski definition) is 1. The van der Waals surface area contributed by atoms with Crippen LogP contribution < -0.4 is 0 Å². The number of amides is 1. The minimum atomic E-state index is -0.670. The number of methoxy groups -OCH3 is 1. The van der Waals surface area contributed by atoms with Gasteiger partial charge in [0.15, 0.2) is 0 Å². The monoisotopic (exact) mass is 297 g/mol. The summed E-state index contributed by atoms with van der Waals surface area (Å²) in [6.45, 7) is 4.02. The van der Waals surface area contributed by atoms with Gasteiger partial charge in [-0.2, -0.15) is 0 Å². The van der Waals surface area contributed by atoms with E-state index in [9.17, 15) is 9.90 Å². The average Bonchev–Trinajstić information content (AvgIpc) is 2.76. The summed E-state index contributed by atoms with van der Waals surface area (Å²) in [7, 11) is 1.67. The molecule has 2 fully saturated rings. The second-order valence-electron chi connectivity index (χ2n) is 6.97. The van der Waals surface area contributed by atoms with Crippen molar-refractivity contribution in [1.82, 2.24) is 4.90 Å². The molecule has 4 nitrogen and oxygen atoms in total. The molecule has 0 bridgehead atoms. The standard InChI is InChI=1S/C17H31NO3/c1-14-13-18(11-9-17(14,20)10-12-21-2)16(19)15-7-5-3-4-6-8-15/h14-15,20H,3-13H2,1-2H3. The molecule has 1 heterocycles. The first kappa shape index (κ1) is 16.8. The molecule has 1 saturated carbocycles. The van der Waals surface area contributed by atoms with Gasteiger partial charge in [-0.15, -0.1) is 0 Å². The summed E-state index contributed by atoms with van der Waals surface area (Å²) < 4.78 is 5.10. The number of rotatable bonds is 4. The summed E-state index contributed by atoms with van der Waals surface area (Å²) in [6, 6.07) is 0. The average molecular weight is 297 g/mol. The molecule has 0 spiro atoms. The highest BCUT2D eigenvalue weighted by molar-refractivity contribution is 5.79. The highest BCUT2D eigenvalue weighted by atomic mass is 16.5. The summed E-state index contributed by atoms with van der Waals surface area (Å²) in [4.78, 5) is 14.7. The van der Waals surface area contributed by atoms with Crippen molar-refractivity contribution in [2.75, 3.05) is 26.8 Å². The van der Waals surface area contributed by atoms with Gasteiger partial charge in [0.1, 0.15) is 0 Å². The zero-order chi connectivity index (χ0) is 15.3. The topological polar surface area (TPSA) is 49.8 Å². The maximum absolute atomic E-state index is 12.7. The molecule has 1 amide bonds. The summed E-state index contributed by atoms with van der Waals surface area (Å²) >= 11 is 0. The van der Waals surface area contributed by atoms with Gasteiger partial charge in [-0.25, -0.2) is 0 Å². The van der Waals surface area contributed by atoms with Crippen molar-refractivity contribution in [3.8, 4) is 0 Å². The number of piperidine rings is 1. The van der Waals surface area contributed by atoms with Crippen molar-refractivity contribution in [3.05, 3.63) is 0 Å². The van der Waals surface area contributed by atoms with Crippen LogP contribution in [0.2, 0.25) is 0 Å². The summed E-state index contributed by atoms with van der Waals surface area (Å²) in [5, 5.41) is 10.7. The lowest BCUT2D eigenvalue weighted by Crippen LogP contribution is -2.54. The van der Waals surface area contributed by atoms with Crippen LogP contribution in [0.3, 0.4) is 0 Å². The highest BCUT2D eigenvalue weighted by Gasteiger charge is 2.40. The predicted octanol–water partition coefficient (Wildman–Crippen LogP) is 2.59. The van der Waals surface area contributed by atoms with E-state index in [0.29, 0.717) is 38.4 Å². The Bertz CT molecular complexity index is 339. The van der Waals surface area contributed by atoms with Crippen molar-refractivity contribution >= 4 is 5.91 Å². The quantitative estimate of drug-likeness (QED) is 0.811. The molecule has 4 heteroatoms. The van der Waals surface area contributed by atoms with E-state index in [0.717, 1.165) is 12.8 Å². The van der Waals surface area contributed by atoms with Crippen LogP contribution >= 0.6 is 0 Å². The fourth-order valence-corrected chi connectivity index (χ4v) is 3.80. The molecule has 0 aromatic heterocycles. The lowest BCUT2D eigenvalue weighted by Gasteiger charge is -2.44. The smallest absolute Gasteiger partial charge is 0.225 e. The molecule has 2 aliphatic rings. The maximum Gasteiger partial charge on any atom is 0.225 e. The Morgan fingerprint density at radius 3 is 2.52 bits per heavy atom. The summed E-state index contributed by atoms with van der Waals surface area (Å²) in [6.07, 6.45) is 8.38. The minimum Gasteiger partial charge on any atom is -0.389 e. The Hall–Kier alpha value is -0.610. The van der Waals surface area contributed by atoms with Crippen molar-refractivity contribution in [2.24, 2.45) is 11.8 Å². The number of likely N-dealkylation sites (tertiary alicyclic amines) is 1. The molecule has 2 unspecified atom stereocenters. The third-order valence-electron chi connectivity index (χ3n) is 5.48. The number of carbonyl (C=O) groups is 1. The lowest BCUT2D eigenvalue weighted by molar-refractivity contribution is -0.145. The highest BCUT2D eigenvalue weighted by Crippen LogP contribution is 2.33. The van der Waals surface area contributed by atoms with Gasteiger partial charge < -0.3 is 14.7 Å². The van der Waals surface area contributed by atoms with E-state index >= 15 is 0 Å². The van der Waals surface area contributed by atoms with E-state index in [1.54, 1.807) is 7.11 Å². The molecule has 0 radical (unpaired) electrons. The van der Waals surface area contributed by atoms with Crippen molar-refractivity contribution in [2.45, 2.75) is 63.9 Å². The summed E-state index contributed by atoms with van der Waals surface area (Å²) in [5.74, 6) is 0.679. The van der Waals surface area contributed by atoms with Crippen LogP contribution in [0, 0.1) is 11.8 Å². The first-order chi connectivity index (χ1) is 10.1. The normalized spacial score (nSPS) is 32.0. The molecule has 1 aliphatic carbocycles. The lowest BCUT2D eigenvalue weighted by atomic mass is 9.79. The fourth-order valence-electron chi connectivity index (χ4n) is 3.80. The minimum absolute atomic E-state index is 0.121. The zero-order valence-electron chi connectivity index (χ0n) is 13.6. The van der Waals surface area contributed by atoms with E-state index in [1.807, 2.05) is 4.90 Å². The predicted molar refractivity (Wildman–Crippen MR) is 83.0 cm³/mol. The Kier molecular flexibility index (Phi) is 6.06. The molecule has 2 atom stereocenters. The van der Waals surface area contributed by atoms with Gasteiger partial charge in [0.25, 0.3) is 0 Å². The van der Waals surface area contributed by atoms with Gasteiger partial charge in [-0.05, 0) is 25.7 Å². The second kappa shape index (κ2) is 7.59. The van der Waals surface area contributed by atoms with E-state index in [1.165, 1.54) is 25.7 Å². The molecule has 0 aromatic carbocycles. The third kappa shape index (κ3) is 4.19. The molecular weight excluding hydrogens is 266 g/mol. The molecule has 0 aromatic rings. The summed E-state index contributed by atoms with van der Waals surface area (Å²) in [5.41, 5.74) is -0.670. The number of nitrogens with zero attached hydrogens (tertiary/aromatic N) is 1. The van der Waals surface area contributed by atoms with Gasteiger partial charge in [0, 0.05) is 38.6 Å². The van der Waals surface area contributed by atoms with Crippen LogP contribution in [-0.2, 0) is 9.53 Å². The Morgan fingerprint density at radius 2 is 1.95 bits per heavy atom. The largest absolute Gasteiger partial charge is 0.389 e. The van der Waals surface area contributed by atoms with Gasteiger partial charge in [0.05, 0.1) is 5.60 Å². The van der Waals surface area contributed by atoms with E-state index < -0.39 is 5.60 Å². The van der Waals surface area contributed by atoms with E-state index in [-0.39, 0.29) is 11.8 Å². The first-order valence-electron chi connectivity index (χ1n) is 8.57. The van der Waals surface area contributed by atoms with Crippen molar-refractivity contribution in [1.29, 1.82) is 0 Å². The molecule has 1 aliphatic heterocycles. The molecule has 21 heavy (non-hydrogen) atoms. The zero-order valence-corrected chi connectivity index (χ0v) is 13.6. The van der Waals surface area contributed by atoms with Crippen LogP contribution in [-0.4, -0.2) is 48.3 Å². The van der Waals surface area contributed by atoms with Crippen LogP contribution in [0.5, 0.6) is 0 Å². The molecule has 122 valence electrons. The van der Waals surface area contributed by atoms with Crippen molar-refractivity contribution in [3.63, 3.8) is 0 Å². The first-order valence-corrected chi connectivity index (χ1v) is 8.57. The number of hydrogen-bond acceptors (Lipinski definition) is 3.